The Labute approximate surface area is 88.9 Å². The van der Waals surface area contributed by atoms with E-state index in [9.17, 15) is 5.11 Å². The first kappa shape index (κ1) is 12.0. The van der Waals surface area contributed by atoms with Crippen LogP contribution in [0.15, 0.2) is 0 Å². The monoisotopic (exact) mass is 198 g/mol. The Balaban J connectivity index is 2.28. The van der Waals surface area contributed by atoms with Crippen LogP contribution in [0, 0.1) is 11.3 Å². The summed E-state index contributed by atoms with van der Waals surface area (Å²) in [7, 11) is 0. The summed E-state index contributed by atoms with van der Waals surface area (Å²) >= 11 is 0. The minimum atomic E-state index is -0.0116. The van der Waals surface area contributed by atoms with Crippen molar-refractivity contribution in [2.45, 2.75) is 71.8 Å². The van der Waals surface area contributed by atoms with Crippen LogP contribution in [-0.2, 0) is 0 Å². The molecule has 2 atom stereocenters. The van der Waals surface area contributed by atoms with E-state index >= 15 is 0 Å². The molecule has 0 aromatic rings. The third-order valence-corrected chi connectivity index (χ3v) is 3.31. The van der Waals surface area contributed by atoms with Crippen molar-refractivity contribution in [3.63, 3.8) is 0 Å². The van der Waals surface area contributed by atoms with E-state index in [0.717, 1.165) is 18.8 Å². The van der Waals surface area contributed by atoms with E-state index in [1.165, 1.54) is 32.1 Å². The summed E-state index contributed by atoms with van der Waals surface area (Å²) in [6.07, 6.45) is 8.57. The summed E-state index contributed by atoms with van der Waals surface area (Å²) in [5, 5.41) is 9.69. The van der Waals surface area contributed by atoms with E-state index in [1.54, 1.807) is 0 Å². The van der Waals surface area contributed by atoms with Crippen LogP contribution in [0.3, 0.4) is 0 Å². The molecule has 1 heteroatoms. The van der Waals surface area contributed by atoms with Gasteiger partial charge in [0.25, 0.3) is 0 Å². The molecule has 0 radical (unpaired) electrons. The largest absolute Gasteiger partial charge is 0.393 e. The molecule has 0 aliphatic heterocycles. The zero-order valence-electron chi connectivity index (χ0n) is 10.1. The van der Waals surface area contributed by atoms with Crippen molar-refractivity contribution >= 4 is 0 Å². The third-order valence-electron chi connectivity index (χ3n) is 3.31. The summed E-state index contributed by atoms with van der Waals surface area (Å²) in [6, 6.07) is 0. The van der Waals surface area contributed by atoms with E-state index in [2.05, 4.69) is 20.8 Å². The molecule has 14 heavy (non-hydrogen) atoms. The first-order valence-corrected chi connectivity index (χ1v) is 6.15. The first-order valence-electron chi connectivity index (χ1n) is 6.15. The molecule has 0 bridgehead atoms. The number of aliphatic hydroxyl groups is 1. The van der Waals surface area contributed by atoms with Gasteiger partial charge in [-0.05, 0) is 37.0 Å². The molecule has 2 unspecified atom stereocenters. The second-order valence-electron chi connectivity index (χ2n) is 6.14. The third kappa shape index (κ3) is 4.99. The van der Waals surface area contributed by atoms with Gasteiger partial charge in [-0.15, -0.1) is 0 Å². The van der Waals surface area contributed by atoms with Gasteiger partial charge < -0.3 is 5.11 Å². The van der Waals surface area contributed by atoms with E-state index < -0.39 is 0 Å². The highest BCUT2D eigenvalue weighted by molar-refractivity contribution is 4.73. The predicted octanol–water partition coefficient (Wildman–Crippen LogP) is 3.75. The maximum absolute atomic E-state index is 9.69. The summed E-state index contributed by atoms with van der Waals surface area (Å²) in [6.45, 7) is 6.92. The molecule has 1 aliphatic carbocycles. The van der Waals surface area contributed by atoms with Gasteiger partial charge in [-0.25, -0.2) is 0 Å². The summed E-state index contributed by atoms with van der Waals surface area (Å²) < 4.78 is 0. The molecule has 1 nitrogen and oxygen atoms in total. The molecular formula is C13H26O. The van der Waals surface area contributed by atoms with Gasteiger partial charge in [-0.3, -0.25) is 0 Å². The van der Waals surface area contributed by atoms with Gasteiger partial charge in [0.2, 0.25) is 0 Å². The molecule has 1 aliphatic rings. The second kappa shape index (κ2) is 5.16. The topological polar surface area (TPSA) is 20.2 Å². The molecular weight excluding hydrogens is 172 g/mol. The van der Waals surface area contributed by atoms with Crippen LogP contribution in [0.1, 0.15) is 65.7 Å². The molecule has 1 saturated carbocycles. The number of hydrogen-bond donors (Lipinski definition) is 1. The molecule has 0 heterocycles. The van der Waals surface area contributed by atoms with Crippen LogP contribution in [-0.4, -0.2) is 11.2 Å². The Morgan fingerprint density at radius 1 is 1.14 bits per heavy atom. The smallest absolute Gasteiger partial charge is 0.0542 e. The summed E-state index contributed by atoms with van der Waals surface area (Å²) in [5.74, 6) is 0.784. The zero-order valence-corrected chi connectivity index (χ0v) is 10.1. The molecule has 1 N–H and O–H groups in total. The van der Waals surface area contributed by atoms with Gasteiger partial charge in [0.1, 0.15) is 0 Å². The lowest BCUT2D eigenvalue weighted by Crippen LogP contribution is -2.13. The fraction of sp³-hybridized carbons (Fsp3) is 1.00. The highest BCUT2D eigenvalue weighted by atomic mass is 16.3. The van der Waals surface area contributed by atoms with Crippen molar-refractivity contribution in [3.8, 4) is 0 Å². The highest BCUT2D eigenvalue weighted by Crippen LogP contribution is 2.31. The molecule has 0 saturated heterocycles. The van der Waals surface area contributed by atoms with Crippen LogP contribution in [0.4, 0.5) is 0 Å². The van der Waals surface area contributed by atoms with Gasteiger partial charge in [-0.1, -0.05) is 40.0 Å². The van der Waals surface area contributed by atoms with Gasteiger partial charge in [0.05, 0.1) is 6.10 Å². The maximum Gasteiger partial charge on any atom is 0.0542 e. The van der Waals surface area contributed by atoms with Crippen molar-refractivity contribution in [1.29, 1.82) is 0 Å². The van der Waals surface area contributed by atoms with Crippen molar-refractivity contribution in [1.82, 2.24) is 0 Å². The number of rotatable bonds is 2. The van der Waals surface area contributed by atoms with Crippen LogP contribution < -0.4 is 0 Å². The standard InChI is InChI=1S/C13H26O/c1-13(2,3)9-8-11-6-4-5-7-12(14)10-11/h11-12,14H,4-10H2,1-3H3. The van der Waals surface area contributed by atoms with Gasteiger partial charge in [-0.2, -0.15) is 0 Å². The Bertz CT molecular complexity index is 157. The molecule has 1 rings (SSSR count). The molecule has 0 aromatic heterocycles. The molecule has 84 valence electrons. The summed E-state index contributed by atoms with van der Waals surface area (Å²) in [5.41, 5.74) is 0.456. The molecule has 0 aromatic carbocycles. The Morgan fingerprint density at radius 2 is 1.79 bits per heavy atom. The molecule has 0 amide bonds. The van der Waals surface area contributed by atoms with Crippen molar-refractivity contribution in [2.75, 3.05) is 0 Å². The fourth-order valence-corrected chi connectivity index (χ4v) is 2.33. The Kier molecular flexibility index (Phi) is 4.43. The second-order valence-corrected chi connectivity index (χ2v) is 6.14. The SMILES string of the molecule is CC(C)(C)CCC1CCCCC(O)C1. The van der Waals surface area contributed by atoms with Crippen molar-refractivity contribution in [3.05, 3.63) is 0 Å². The van der Waals surface area contributed by atoms with Gasteiger partial charge >= 0.3 is 0 Å². The van der Waals surface area contributed by atoms with Crippen LogP contribution in [0.2, 0.25) is 0 Å². The lowest BCUT2D eigenvalue weighted by molar-refractivity contribution is 0.135. The first-order chi connectivity index (χ1) is 6.47. The van der Waals surface area contributed by atoms with Gasteiger partial charge in [0.15, 0.2) is 0 Å². The highest BCUT2D eigenvalue weighted by Gasteiger charge is 2.20. The minimum absolute atomic E-state index is 0.0116. The van der Waals surface area contributed by atoms with E-state index in [0.29, 0.717) is 5.41 Å². The lowest BCUT2D eigenvalue weighted by atomic mass is 9.84. The fourth-order valence-electron chi connectivity index (χ4n) is 2.33. The normalized spacial score (nSPS) is 30.0. The number of aliphatic hydroxyl groups excluding tert-OH is 1. The Hall–Kier alpha value is -0.0400. The maximum atomic E-state index is 9.69. The lowest BCUT2D eigenvalue weighted by Gasteiger charge is -2.23. The van der Waals surface area contributed by atoms with E-state index in [-0.39, 0.29) is 6.10 Å². The zero-order chi connectivity index (χ0) is 10.6. The van der Waals surface area contributed by atoms with Gasteiger partial charge in [0, 0.05) is 0 Å². The van der Waals surface area contributed by atoms with Crippen LogP contribution in [0.25, 0.3) is 0 Å². The van der Waals surface area contributed by atoms with Crippen molar-refractivity contribution < 1.29 is 5.11 Å². The van der Waals surface area contributed by atoms with Crippen molar-refractivity contribution in [2.24, 2.45) is 11.3 Å². The van der Waals surface area contributed by atoms with E-state index in [1.807, 2.05) is 0 Å². The molecule has 0 spiro atoms. The Morgan fingerprint density at radius 3 is 2.43 bits per heavy atom. The minimum Gasteiger partial charge on any atom is -0.393 e. The average Bonchev–Trinajstić information content (AvgIpc) is 2.25. The molecule has 1 fully saturated rings. The van der Waals surface area contributed by atoms with E-state index in [4.69, 9.17) is 0 Å². The number of hydrogen-bond acceptors (Lipinski definition) is 1. The summed E-state index contributed by atoms with van der Waals surface area (Å²) in [4.78, 5) is 0. The van der Waals surface area contributed by atoms with Crippen LogP contribution in [0.5, 0.6) is 0 Å². The van der Waals surface area contributed by atoms with Crippen LogP contribution >= 0.6 is 0 Å². The average molecular weight is 198 g/mol. The quantitative estimate of drug-likeness (QED) is 0.670. The predicted molar refractivity (Wildman–Crippen MR) is 61.3 cm³/mol.